The van der Waals surface area contributed by atoms with Crippen molar-refractivity contribution in [2.75, 3.05) is 7.11 Å². The summed E-state index contributed by atoms with van der Waals surface area (Å²) in [6.07, 6.45) is -2.56. The van der Waals surface area contributed by atoms with Gasteiger partial charge in [0.2, 0.25) is 0 Å². The second-order valence-electron chi connectivity index (χ2n) is 1.30. The molecule has 0 fully saturated rings. The Labute approximate surface area is 41.9 Å². The molecule has 0 spiro atoms. The van der Waals surface area contributed by atoms with Crippen LogP contribution in [0.3, 0.4) is 0 Å². The van der Waals surface area contributed by atoms with Crippen molar-refractivity contribution >= 4 is 0 Å². The van der Waals surface area contributed by atoms with Crippen LogP contribution < -0.4 is 0 Å². The van der Waals surface area contributed by atoms with Crippen LogP contribution in [0.25, 0.3) is 0 Å². The molecule has 1 N–H and O–H groups in total. The van der Waals surface area contributed by atoms with E-state index >= 15 is 0 Å². The first-order valence-electron chi connectivity index (χ1n) is 2.03. The largest absolute Gasteiger partial charge is 0.366 e. The summed E-state index contributed by atoms with van der Waals surface area (Å²) in [7, 11) is 1.25. The highest BCUT2D eigenvalue weighted by Gasteiger charge is 2.08. The topological polar surface area (TPSA) is 29.5 Å². The predicted molar refractivity (Wildman–Crippen MR) is 23.6 cm³/mol. The zero-order valence-corrected chi connectivity index (χ0v) is 4.39. The molecule has 0 aromatic rings. The Balaban J connectivity index is 3.14. The Hall–Kier alpha value is -0.150. The Kier molecular flexibility index (Phi) is 2.87. The highest BCUT2D eigenvalue weighted by molar-refractivity contribution is 4.46. The molecule has 0 aromatic carbocycles. The first-order chi connectivity index (χ1) is 3.18. The Bertz CT molecular complexity index is 47.0. The average molecular weight is 108 g/mol. The minimum atomic E-state index is -1.30. The monoisotopic (exact) mass is 108 g/mol. The van der Waals surface area contributed by atoms with Crippen LogP contribution in [-0.2, 0) is 4.74 Å². The summed E-state index contributed by atoms with van der Waals surface area (Å²) in [6, 6.07) is 0. The Morgan fingerprint density at radius 2 is 2.14 bits per heavy atom. The van der Waals surface area contributed by atoms with E-state index in [1.54, 1.807) is 0 Å². The van der Waals surface area contributed by atoms with Crippen molar-refractivity contribution in [1.29, 1.82) is 0 Å². The van der Waals surface area contributed by atoms with Crippen LogP contribution in [0.2, 0.25) is 0 Å². The molecule has 3 heteroatoms. The molecular formula is C4H9FO2. The number of halogens is 1. The van der Waals surface area contributed by atoms with Crippen molar-refractivity contribution in [2.45, 2.75) is 19.4 Å². The Morgan fingerprint density at radius 1 is 1.71 bits per heavy atom. The molecule has 0 aromatic heterocycles. The second kappa shape index (κ2) is 2.93. The molecule has 0 bridgehead atoms. The van der Waals surface area contributed by atoms with E-state index in [0.29, 0.717) is 0 Å². The van der Waals surface area contributed by atoms with Crippen LogP contribution >= 0.6 is 0 Å². The van der Waals surface area contributed by atoms with E-state index in [1.165, 1.54) is 14.0 Å². The molecule has 0 saturated carbocycles. The van der Waals surface area contributed by atoms with Gasteiger partial charge in [-0.05, 0) is 6.92 Å². The number of rotatable bonds is 2. The van der Waals surface area contributed by atoms with Crippen LogP contribution in [0, 0.1) is 0 Å². The third-order valence-corrected chi connectivity index (χ3v) is 0.634. The van der Waals surface area contributed by atoms with Crippen LogP contribution in [-0.4, -0.2) is 24.7 Å². The van der Waals surface area contributed by atoms with E-state index in [4.69, 9.17) is 5.11 Å². The maximum Gasteiger partial charge on any atom is 0.185 e. The van der Waals surface area contributed by atoms with Gasteiger partial charge in [0.1, 0.15) is 6.17 Å². The van der Waals surface area contributed by atoms with Gasteiger partial charge in [-0.2, -0.15) is 0 Å². The van der Waals surface area contributed by atoms with Gasteiger partial charge in [-0.15, -0.1) is 0 Å². The van der Waals surface area contributed by atoms with Gasteiger partial charge in [-0.3, -0.25) is 0 Å². The second-order valence-corrected chi connectivity index (χ2v) is 1.30. The summed E-state index contributed by atoms with van der Waals surface area (Å²) in [5.41, 5.74) is 0. The number of aliphatic hydroxyl groups is 1. The van der Waals surface area contributed by atoms with Crippen LogP contribution in [0.5, 0.6) is 0 Å². The van der Waals surface area contributed by atoms with E-state index in [0.717, 1.165) is 0 Å². The minimum Gasteiger partial charge on any atom is -0.366 e. The highest BCUT2D eigenvalue weighted by Crippen LogP contribution is 1.95. The number of hydrogen-bond acceptors (Lipinski definition) is 2. The molecule has 0 rings (SSSR count). The molecule has 0 aliphatic rings. The summed E-state index contributed by atoms with van der Waals surface area (Å²) < 4.78 is 15.9. The van der Waals surface area contributed by atoms with Crippen molar-refractivity contribution in [3.05, 3.63) is 0 Å². The van der Waals surface area contributed by atoms with Crippen molar-refractivity contribution < 1.29 is 14.2 Å². The molecule has 0 amide bonds. The van der Waals surface area contributed by atoms with E-state index in [1.807, 2.05) is 0 Å². The first kappa shape index (κ1) is 6.85. The third kappa shape index (κ3) is 2.53. The summed E-state index contributed by atoms with van der Waals surface area (Å²) in [6.45, 7) is 1.23. The van der Waals surface area contributed by atoms with Crippen LogP contribution in [0.15, 0.2) is 0 Å². The van der Waals surface area contributed by atoms with Gasteiger partial charge >= 0.3 is 0 Å². The van der Waals surface area contributed by atoms with Gasteiger partial charge in [0, 0.05) is 7.11 Å². The lowest BCUT2D eigenvalue weighted by atomic mass is 10.4. The Morgan fingerprint density at radius 3 is 2.14 bits per heavy atom. The lowest BCUT2D eigenvalue weighted by Gasteiger charge is -2.06. The smallest absolute Gasteiger partial charge is 0.185 e. The lowest BCUT2D eigenvalue weighted by molar-refractivity contribution is -0.114. The quantitative estimate of drug-likeness (QED) is 0.516. The molecule has 0 radical (unpaired) electrons. The van der Waals surface area contributed by atoms with E-state index < -0.39 is 12.5 Å². The molecule has 0 aliphatic carbocycles. The highest BCUT2D eigenvalue weighted by atomic mass is 19.1. The SMILES string of the molecule is COC(O)C(C)F. The van der Waals surface area contributed by atoms with Crippen molar-refractivity contribution in [1.82, 2.24) is 0 Å². The summed E-state index contributed by atoms with van der Waals surface area (Å²) in [4.78, 5) is 0. The van der Waals surface area contributed by atoms with Crippen molar-refractivity contribution in [3.63, 3.8) is 0 Å². The molecule has 0 aliphatic heterocycles. The van der Waals surface area contributed by atoms with Gasteiger partial charge in [0.05, 0.1) is 0 Å². The summed E-state index contributed by atoms with van der Waals surface area (Å²) in [5, 5.41) is 8.34. The average Bonchev–Trinajstić information content (AvgIpc) is 1.65. The van der Waals surface area contributed by atoms with E-state index in [-0.39, 0.29) is 0 Å². The molecule has 44 valence electrons. The number of methoxy groups -OCH3 is 1. The maximum absolute atomic E-state index is 11.7. The van der Waals surface area contributed by atoms with E-state index in [9.17, 15) is 4.39 Å². The molecule has 2 nitrogen and oxygen atoms in total. The fourth-order valence-electron chi connectivity index (χ4n) is 0.188. The van der Waals surface area contributed by atoms with Gasteiger partial charge < -0.3 is 9.84 Å². The van der Waals surface area contributed by atoms with Gasteiger partial charge in [-0.25, -0.2) is 4.39 Å². The number of aliphatic hydroxyl groups excluding tert-OH is 1. The standard InChI is InChI=1S/C4H9FO2/c1-3(5)4(6)7-2/h3-4,6H,1-2H3. The lowest BCUT2D eigenvalue weighted by Crippen LogP contribution is -2.19. The zero-order valence-electron chi connectivity index (χ0n) is 4.39. The molecule has 2 atom stereocenters. The first-order valence-corrected chi connectivity index (χ1v) is 2.03. The van der Waals surface area contributed by atoms with Gasteiger partial charge in [0.25, 0.3) is 0 Å². The number of alkyl halides is 1. The predicted octanol–water partition coefficient (Wildman–Crippen LogP) is 0.309. The van der Waals surface area contributed by atoms with Crippen molar-refractivity contribution in [2.24, 2.45) is 0 Å². The van der Waals surface area contributed by atoms with Gasteiger partial charge in [0.15, 0.2) is 6.29 Å². The molecular weight excluding hydrogens is 99.0 g/mol. The number of hydrogen-bond donors (Lipinski definition) is 1. The third-order valence-electron chi connectivity index (χ3n) is 0.634. The molecule has 2 unspecified atom stereocenters. The van der Waals surface area contributed by atoms with Gasteiger partial charge in [-0.1, -0.05) is 0 Å². The molecule has 0 heterocycles. The van der Waals surface area contributed by atoms with Crippen LogP contribution in [0.1, 0.15) is 6.92 Å². The fraction of sp³-hybridized carbons (Fsp3) is 1.00. The minimum absolute atomic E-state index is 1.23. The maximum atomic E-state index is 11.7. The normalized spacial score (nSPS) is 18.9. The summed E-state index contributed by atoms with van der Waals surface area (Å²) in [5.74, 6) is 0. The fourth-order valence-corrected chi connectivity index (χ4v) is 0.188. The molecule has 7 heavy (non-hydrogen) atoms. The van der Waals surface area contributed by atoms with Crippen LogP contribution in [0.4, 0.5) is 4.39 Å². The van der Waals surface area contributed by atoms with E-state index in [2.05, 4.69) is 4.74 Å². The number of ether oxygens (including phenoxy) is 1. The van der Waals surface area contributed by atoms with Crippen molar-refractivity contribution in [3.8, 4) is 0 Å². The summed E-state index contributed by atoms with van der Waals surface area (Å²) >= 11 is 0. The molecule has 0 saturated heterocycles. The zero-order chi connectivity index (χ0) is 5.86.